The van der Waals surface area contributed by atoms with Crippen LogP contribution in [-0.2, 0) is 0 Å². The minimum absolute atomic E-state index is 0.544. The zero-order chi connectivity index (χ0) is 42.8. The molecular weight excluding hydrogens is 791 g/mol. The number of para-hydroxylation sites is 2. The molecule has 13 rings (SSSR count). The lowest BCUT2D eigenvalue weighted by atomic mass is 9.90. The summed E-state index contributed by atoms with van der Waals surface area (Å²) in [6, 6.07) is 79.5. The predicted molar refractivity (Wildman–Crippen MR) is 270 cm³/mol. The van der Waals surface area contributed by atoms with E-state index < -0.39 is 0 Å². The van der Waals surface area contributed by atoms with Crippen LogP contribution in [0.25, 0.3) is 133 Å². The van der Waals surface area contributed by atoms with Gasteiger partial charge in [0.25, 0.3) is 0 Å². The number of nitrogens with zero attached hydrogens (tertiary/aromatic N) is 3. The number of hydrogen-bond acceptors (Lipinski definition) is 4. The van der Waals surface area contributed by atoms with Crippen LogP contribution in [0.3, 0.4) is 0 Å². The van der Waals surface area contributed by atoms with Gasteiger partial charge in [0.15, 0.2) is 17.5 Å². The highest BCUT2D eigenvalue weighted by molar-refractivity contribution is 6.11. The zero-order valence-electron chi connectivity index (χ0n) is 35.1. The Bertz CT molecular complexity index is 4020. The molecule has 0 aliphatic rings. The molecule has 0 fully saturated rings. The molecule has 4 heteroatoms. The van der Waals surface area contributed by atoms with Crippen molar-refractivity contribution in [1.29, 1.82) is 0 Å². The Labute approximate surface area is 374 Å². The van der Waals surface area contributed by atoms with Crippen molar-refractivity contribution >= 4 is 65.0 Å². The zero-order valence-corrected chi connectivity index (χ0v) is 35.1. The van der Waals surface area contributed by atoms with E-state index in [4.69, 9.17) is 19.4 Å². The summed E-state index contributed by atoms with van der Waals surface area (Å²) in [4.78, 5) is 16.4. The average molecular weight is 828 g/mol. The van der Waals surface area contributed by atoms with Gasteiger partial charge in [0, 0.05) is 21.9 Å². The predicted octanol–water partition coefficient (Wildman–Crippen LogP) is 16.4. The van der Waals surface area contributed by atoms with Crippen molar-refractivity contribution in [3.63, 3.8) is 0 Å². The normalized spacial score (nSPS) is 11.7. The molecule has 0 aliphatic heterocycles. The van der Waals surface area contributed by atoms with Gasteiger partial charge in [-0.05, 0) is 113 Å². The molecule has 65 heavy (non-hydrogen) atoms. The van der Waals surface area contributed by atoms with Crippen LogP contribution >= 0.6 is 0 Å². The molecule has 0 saturated carbocycles. The summed E-state index contributed by atoms with van der Waals surface area (Å²) in [6.45, 7) is 0. The van der Waals surface area contributed by atoms with Crippen molar-refractivity contribution in [2.75, 3.05) is 0 Å². The molecule has 0 saturated heterocycles. The SMILES string of the molecule is c1ccc(-c2cc(-c3ccc(-c4nc(-c5c(-c6ccc7ccccc7c6)ccc6ccccc56)nc(-c5cccc6c5oc5ccccc56)n4)c4ccccc34)cc3ccccc23)cc1. The molecule has 0 radical (unpaired) electrons. The van der Waals surface area contributed by atoms with E-state index in [0.717, 1.165) is 82.4 Å². The maximum atomic E-state index is 6.64. The first kappa shape index (κ1) is 36.9. The van der Waals surface area contributed by atoms with E-state index >= 15 is 0 Å². The van der Waals surface area contributed by atoms with Crippen molar-refractivity contribution in [2.24, 2.45) is 0 Å². The summed E-state index contributed by atoms with van der Waals surface area (Å²) in [5.74, 6) is 1.72. The maximum Gasteiger partial charge on any atom is 0.167 e. The molecule has 0 atom stereocenters. The van der Waals surface area contributed by atoms with Gasteiger partial charge in [0.2, 0.25) is 0 Å². The summed E-state index contributed by atoms with van der Waals surface area (Å²) in [5.41, 5.74) is 11.1. The molecular formula is C61H37N3O. The van der Waals surface area contributed by atoms with Gasteiger partial charge in [-0.1, -0.05) is 188 Å². The molecule has 0 aliphatic carbocycles. The van der Waals surface area contributed by atoms with E-state index in [1.165, 1.54) is 32.7 Å². The lowest BCUT2D eigenvalue weighted by Crippen LogP contribution is -2.02. The van der Waals surface area contributed by atoms with Crippen LogP contribution in [0.5, 0.6) is 0 Å². The van der Waals surface area contributed by atoms with Gasteiger partial charge in [0.05, 0.1) is 5.56 Å². The number of hydrogen-bond donors (Lipinski definition) is 0. The van der Waals surface area contributed by atoms with Gasteiger partial charge in [-0.15, -0.1) is 0 Å². The van der Waals surface area contributed by atoms with Crippen molar-refractivity contribution in [1.82, 2.24) is 15.0 Å². The van der Waals surface area contributed by atoms with Gasteiger partial charge >= 0.3 is 0 Å². The van der Waals surface area contributed by atoms with E-state index in [1.807, 2.05) is 18.2 Å². The fraction of sp³-hybridized carbons (Fsp3) is 0. The Morgan fingerprint density at radius 1 is 0.262 bits per heavy atom. The molecule has 11 aromatic carbocycles. The van der Waals surface area contributed by atoms with E-state index in [0.29, 0.717) is 17.5 Å². The summed E-state index contributed by atoms with van der Waals surface area (Å²) < 4.78 is 6.64. The maximum absolute atomic E-state index is 6.64. The van der Waals surface area contributed by atoms with Gasteiger partial charge in [0.1, 0.15) is 11.2 Å². The van der Waals surface area contributed by atoms with Crippen LogP contribution < -0.4 is 0 Å². The van der Waals surface area contributed by atoms with Crippen LogP contribution in [0, 0.1) is 0 Å². The largest absolute Gasteiger partial charge is 0.455 e. The Morgan fingerprint density at radius 3 is 1.66 bits per heavy atom. The van der Waals surface area contributed by atoms with E-state index in [2.05, 4.69) is 206 Å². The fourth-order valence-electron chi connectivity index (χ4n) is 9.83. The van der Waals surface area contributed by atoms with E-state index in [-0.39, 0.29) is 0 Å². The Kier molecular flexibility index (Phi) is 8.50. The van der Waals surface area contributed by atoms with Crippen LogP contribution in [0.2, 0.25) is 0 Å². The van der Waals surface area contributed by atoms with Crippen molar-refractivity contribution in [3.05, 3.63) is 224 Å². The highest BCUT2D eigenvalue weighted by Crippen LogP contribution is 2.43. The van der Waals surface area contributed by atoms with E-state index in [9.17, 15) is 0 Å². The number of fused-ring (bicyclic) bond motifs is 7. The lowest BCUT2D eigenvalue weighted by molar-refractivity contribution is 0.669. The molecule has 13 aromatic rings. The second kappa shape index (κ2) is 15.0. The third kappa shape index (κ3) is 6.18. The standard InChI is InChI=1S/C61H37N3O/c1-2-16-39(17-3-1)55-37-44(36-42-20-7-8-21-45(42)55)46-33-34-53(50-24-11-10-23-49(46)50)59-62-60(54-27-14-26-52-51-25-12-13-28-56(51)65-58(52)54)64-61(63-59)57-47-22-9-6-18-40(47)31-32-48(57)43-30-29-38-15-4-5-19-41(38)35-43/h1-37H. The Morgan fingerprint density at radius 2 is 0.831 bits per heavy atom. The van der Waals surface area contributed by atoms with Gasteiger partial charge < -0.3 is 4.42 Å². The molecule has 4 nitrogen and oxygen atoms in total. The number of aromatic nitrogens is 3. The minimum atomic E-state index is 0.544. The second-order valence-electron chi connectivity index (χ2n) is 16.7. The Balaban J connectivity index is 1.08. The first-order valence-corrected chi connectivity index (χ1v) is 22.0. The van der Waals surface area contributed by atoms with Gasteiger partial charge in [-0.3, -0.25) is 0 Å². The molecule has 0 unspecified atom stereocenters. The minimum Gasteiger partial charge on any atom is -0.455 e. The van der Waals surface area contributed by atoms with Crippen molar-refractivity contribution < 1.29 is 4.42 Å². The topological polar surface area (TPSA) is 51.8 Å². The number of benzene rings is 11. The molecule has 0 amide bonds. The second-order valence-corrected chi connectivity index (χ2v) is 16.7. The average Bonchev–Trinajstić information content (AvgIpc) is 3.77. The van der Waals surface area contributed by atoms with Gasteiger partial charge in [-0.25, -0.2) is 15.0 Å². The summed E-state index contributed by atoms with van der Waals surface area (Å²) in [6.07, 6.45) is 0. The first-order valence-electron chi connectivity index (χ1n) is 22.0. The van der Waals surface area contributed by atoms with Crippen LogP contribution in [0.4, 0.5) is 0 Å². The summed E-state index contributed by atoms with van der Waals surface area (Å²) >= 11 is 0. The monoisotopic (exact) mass is 827 g/mol. The molecule has 2 heterocycles. The van der Waals surface area contributed by atoms with Crippen LogP contribution in [0.15, 0.2) is 229 Å². The fourth-order valence-corrected chi connectivity index (χ4v) is 9.83. The van der Waals surface area contributed by atoms with Gasteiger partial charge in [-0.2, -0.15) is 0 Å². The lowest BCUT2D eigenvalue weighted by Gasteiger charge is -2.17. The Hall–Kier alpha value is -8.73. The van der Waals surface area contributed by atoms with E-state index in [1.54, 1.807) is 0 Å². The summed E-state index contributed by atoms with van der Waals surface area (Å²) in [7, 11) is 0. The highest BCUT2D eigenvalue weighted by atomic mass is 16.3. The molecule has 302 valence electrons. The molecule has 0 bridgehead atoms. The van der Waals surface area contributed by atoms with Crippen LogP contribution in [-0.4, -0.2) is 15.0 Å². The quantitative estimate of drug-likeness (QED) is 0.168. The van der Waals surface area contributed by atoms with Crippen molar-refractivity contribution in [2.45, 2.75) is 0 Å². The van der Waals surface area contributed by atoms with Crippen LogP contribution in [0.1, 0.15) is 0 Å². The van der Waals surface area contributed by atoms with Crippen molar-refractivity contribution in [3.8, 4) is 67.5 Å². The third-order valence-corrected chi connectivity index (χ3v) is 12.9. The third-order valence-electron chi connectivity index (χ3n) is 12.9. The highest BCUT2D eigenvalue weighted by Gasteiger charge is 2.23. The number of furan rings is 1. The summed E-state index contributed by atoms with van der Waals surface area (Å²) in [5, 5.41) is 11.2. The molecule has 0 N–H and O–H groups in total. The number of rotatable bonds is 6. The molecule has 2 aromatic heterocycles. The smallest absolute Gasteiger partial charge is 0.167 e. The first-order chi connectivity index (χ1) is 32.2. The molecule has 0 spiro atoms.